The Balaban J connectivity index is 1.89. The third-order valence-electron chi connectivity index (χ3n) is 6.44. The van der Waals surface area contributed by atoms with Gasteiger partial charge in [-0.05, 0) is 37.4 Å². The second kappa shape index (κ2) is 10.3. The van der Waals surface area contributed by atoms with Gasteiger partial charge in [-0.1, -0.05) is 52.3 Å². The summed E-state index contributed by atoms with van der Waals surface area (Å²) in [7, 11) is -6.76. The van der Waals surface area contributed by atoms with E-state index in [0.29, 0.717) is 3.71 Å². The van der Waals surface area contributed by atoms with Gasteiger partial charge in [0.05, 0.1) is 18.6 Å². The molecule has 188 valence electrons. The lowest BCUT2D eigenvalue weighted by molar-refractivity contribution is -0.133. The van der Waals surface area contributed by atoms with Gasteiger partial charge in [-0.25, -0.2) is 16.8 Å². The number of sulfonamides is 2. The monoisotopic (exact) mass is 510 g/mol. The SMILES string of the molecule is CN(C(=O)CC1C=CC=CC1(N)N(S(C)(=O)=O)S(C)(=O)=O)[C@@H](CC1CCCN1)c1ccccc1. The van der Waals surface area contributed by atoms with Crippen LogP contribution in [0.3, 0.4) is 0 Å². The molecule has 3 rings (SSSR count). The van der Waals surface area contributed by atoms with Gasteiger partial charge in [-0.3, -0.25) is 4.79 Å². The highest BCUT2D eigenvalue weighted by Gasteiger charge is 2.49. The number of rotatable bonds is 9. The number of benzene rings is 1. The maximum Gasteiger partial charge on any atom is 0.226 e. The van der Waals surface area contributed by atoms with E-state index in [1.54, 1.807) is 24.1 Å². The summed E-state index contributed by atoms with van der Waals surface area (Å²) in [6.07, 6.45) is 10.3. The summed E-state index contributed by atoms with van der Waals surface area (Å²) >= 11 is 0. The summed E-state index contributed by atoms with van der Waals surface area (Å²) in [6.45, 7) is 0.950. The first-order valence-electron chi connectivity index (χ1n) is 11.2. The average molecular weight is 511 g/mol. The van der Waals surface area contributed by atoms with Crippen molar-refractivity contribution in [1.29, 1.82) is 0 Å². The molecular weight excluding hydrogens is 476 g/mol. The van der Waals surface area contributed by atoms with Crippen molar-refractivity contribution in [3.63, 3.8) is 0 Å². The van der Waals surface area contributed by atoms with E-state index in [1.165, 1.54) is 12.2 Å². The number of nitrogens with two attached hydrogens (primary N) is 1. The number of hydrogen-bond acceptors (Lipinski definition) is 7. The third-order valence-corrected chi connectivity index (χ3v) is 9.90. The first-order chi connectivity index (χ1) is 15.8. The lowest BCUT2D eigenvalue weighted by Gasteiger charge is -2.41. The number of allylic oxidation sites excluding steroid dienone is 2. The molecule has 0 radical (unpaired) electrons. The van der Waals surface area contributed by atoms with E-state index in [-0.39, 0.29) is 24.4 Å². The quantitative estimate of drug-likeness (QED) is 0.480. The third kappa shape index (κ3) is 5.95. The highest BCUT2D eigenvalue weighted by atomic mass is 32.3. The van der Waals surface area contributed by atoms with Gasteiger partial charge in [0.15, 0.2) is 0 Å². The van der Waals surface area contributed by atoms with Crippen molar-refractivity contribution in [3.05, 3.63) is 60.2 Å². The van der Waals surface area contributed by atoms with E-state index in [1.807, 2.05) is 30.3 Å². The van der Waals surface area contributed by atoms with Gasteiger partial charge in [-0.2, -0.15) is 0 Å². The topological polar surface area (TPSA) is 130 Å². The second-order valence-electron chi connectivity index (χ2n) is 9.13. The molecule has 0 aromatic heterocycles. The van der Waals surface area contributed by atoms with Crippen LogP contribution in [0.4, 0.5) is 0 Å². The zero-order valence-electron chi connectivity index (χ0n) is 19.8. The average Bonchev–Trinajstić information content (AvgIpc) is 3.25. The lowest BCUT2D eigenvalue weighted by atomic mass is 9.86. The Morgan fingerprint density at radius 2 is 1.79 bits per heavy atom. The van der Waals surface area contributed by atoms with Crippen molar-refractivity contribution < 1.29 is 21.6 Å². The molecule has 1 amide bonds. The van der Waals surface area contributed by atoms with E-state index in [9.17, 15) is 21.6 Å². The van der Waals surface area contributed by atoms with Crippen LogP contribution in [-0.2, 0) is 24.8 Å². The molecule has 11 heteroatoms. The first-order valence-corrected chi connectivity index (χ1v) is 14.9. The summed E-state index contributed by atoms with van der Waals surface area (Å²) in [5.74, 6) is -1.13. The summed E-state index contributed by atoms with van der Waals surface area (Å²) in [4.78, 5) is 15.1. The fourth-order valence-electron chi connectivity index (χ4n) is 4.86. The Labute approximate surface area is 202 Å². The molecule has 1 saturated heterocycles. The Morgan fingerprint density at radius 3 is 2.35 bits per heavy atom. The second-order valence-corrected chi connectivity index (χ2v) is 13.0. The zero-order valence-corrected chi connectivity index (χ0v) is 21.4. The number of hydrogen-bond donors (Lipinski definition) is 2. The van der Waals surface area contributed by atoms with E-state index in [2.05, 4.69) is 5.32 Å². The van der Waals surface area contributed by atoms with Crippen molar-refractivity contribution in [2.45, 2.75) is 43.4 Å². The minimum atomic E-state index is -4.24. The van der Waals surface area contributed by atoms with E-state index in [0.717, 1.165) is 43.9 Å². The van der Waals surface area contributed by atoms with Crippen LogP contribution < -0.4 is 11.1 Å². The highest BCUT2D eigenvalue weighted by Crippen LogP contribution is 2.35. The summed E-state index contributed by atoms with van der Waals surface area (Å²) in [6, 6.07) is 9.84. The van der Waals surface area contributed by atoms with Gasteiger partial charge in [0.1, 0.15) is 5.66 Å². The number of nitrogens with one attached hydrogen (secondary N) is 1. The molecule has 34 heavy (non-hydrogen) atoms. The molecule has 0 bridgehead atoms. The molecule has 4 atom stereocenters. The Morgan fingerprint density at radius 1 is 1.15 bits per heavy atom. The molecule has 0 saturated carbocycles. The van der Waals surface area contributed by atoms with E-state index < -0.39 is 31.6 Å². The summed E-state index contributed by atoms with van der Waals surface area (Å²) in [5.41, 5.74) is 5.51. The molecule has 1 aliphatic heterocycles. The van der Waals surface area contributed by atoms with Crippen LogP contribution in [0.2, 0.25) is 0 Å². The maximum atomic E-state index is 13.5. The van der Waals surface area contributed by atoms with Crippen LogP contribution in [0.25, 0.3) is 0 Å². The number of nitrogens with zero attached hydrogens (tertiary/aromatic N) is 2. The van der Waals surface area contributed by atoms with Gasteiger partial charge in [0, 0.05) is 25.4 Å². The zero-order chi connectivity index (χ0) is 25.1. The largest absolute Gasteiger partial charge is 0.339 e. The fraction of sp³-hybridized carbons (Fsp3) is 0.522. The Kier molecular flexibility index (Phi) is 8.03. The molecule has 3 N–H and O–H groups in total. The number of carbonyl (C=O) groups excluding carboxylic acids is 1. The van der Waals surface area contributed by atoms with Gasteiger partial charge >= 0.3 is 0 Å². The normalized spacial score (nSPS) is 26.0. The molecule has 1 aromatic rings. The maximum absolute atomic E-state index is 13.5. The Hall–Kier alpha value is -2.05. The molecule has 9 nitrogen and oxygen atoms in total. The standard InChI is InChI=1S/C23H34N4O5S2/c1-26(21(17-20-13-9-15-25-20)18-10-5-4-6-11-18)22(28)16-19-12-7-8-14-23(19,24)27(33(2,29)30)34(3,31)32/h4-8,10-12,14,19-21,25H,9,13,15-17,24H2,1-3H3/t19?,20?,21-,23?/m0/s1. The van der Waals surface area contributed by atoms with Crippen LogP contribution in [0.15, 0.2) is 54.6 Å². The van der Waals surface area contributed by atoms with Crippen LogP contribution in [-0.4, -0.2) is 69.2 Å². The van der Waals surface area contributed by atoms with Crippen molar-refractivity contribution >= 4 is 26.0 Å². The van der Waals surface area contributed by atoms with Crippen molar-refractivity contribution in [3.8, 4) is 0 Å². The molecule has 3 unspecified atom stereocenters. The smallest absolute Gasteiger partial charge is 0.226 e. The minimum Gasteiger partial charge on any atom is -0.339 e. The minimum absolute atomic E-state index is 0.156. The van der Waals surface area contributed by atoms with E-state index >= 15 is 0 Å². The first kappa shape index (κ1) is 26.6. The molecule has 1 fully saturated rings. The molecule has 1 heterocycles. The van der Waals surface area contributed by atoms with Gasteiger partial charge in [-0.15, -0.1) is 0 Å². The molecular formula is C23H34N4O5S2. The van der Waals surface area contributed by atoms with Crippen molar-refractivity contribution in [1.82, 2.24) is 13.9 Å². The van der Waals surface area contributed by atoms with E-state index in [4.69, 9.17) is 5.73 Å². The van der Waals surface area contributed by atoms with Gasteiger partial charge < -0.3 is 16.0 Å². The van der Waals surface area contributed by atoms with Crippen LogP contribution in [0.5, 0.6) is 0 Å². The summed E-state index contributed by atoms with van der Waals surface area (Å²) < 4.78 is 50.1. The molecule has 2 aliphatic rings. The van der Waals surface area contributed by atoms with Crippen LogP contribution in [0, 0.1) is 5.92 Å². The lowest BCUT2D eigenvalue weighted by Crippen LogP contribution is -2.63. The predicted molar refractivity (Wildman–Crippen MR) is 132 cm³/mol. The summed E-state index contributed by atoms with van der Waals surface area (Å²) in [5, 5.41) is 3.47. The van der Waals surface area contributed by atoms with Crippen LogP contribution >= 0.6 is 0 Å². The highest BCUT2D eigenvalue weighted by molar-refractivity contribution is 8.03. The number of amides is 1. The Bertz CT molecular complexity index is 1110. The van der Waals surface area contributed by atoms with Crippen molar-refractivity contribution in [2.75, 3.05) is 26.1 Å². The van der Waals surface area contributed by atoms with Crippen molar-refractivity contribution in [2.24, 2.45) is 11.7 Å². The molecule has 1 aliphatic carbocycles. The predicted octanol–water partition coefficient (Wildman–Crippen LogP) is 1.34. The molecule has 0 spiro atoms. The van der Waals surface area contributed by atoms with Gasteiger partial charge in [0.2, 0.25) is 26.0 Å². The fourth-order valence-corrected chi connectivity index (χ4v) is 8.37. The van der Waals surface area contributed by atoms with Crippen LogP contribution in [0.1, 0.15) is 37.3 Å². The van der Waals surface area contributed by atoms with Gasteiger partial charge in [0.25, 0.3) is 0 Å². The molecule has 1 aromatic carbocycles. The number of carbonyl (C=O) groups is 1.